The number of hydrogen-bond donors (Lipinski definition) is 2. The van der Waals surface area contributed by atoms with Crippen molar-refractivity contribution in [2.75, 3.05) is 40.8 Å². The minimum atomic E-state index is -0.626. The van der Waals surface area contributed by atoms with Gasteiger partial charge in [-0.2, -0.15) is 0 Å². The fourth-order valence-electron chi connectivity index (χ4n) is 4.79. The van der Waals surface area contributed by atoms with E-state index in [4.69, 9.17) is 5.73 Å². The first-order valence-corrected chi connectivity index (χ1v) is 12.9. The molecule has 2 unspecified atom stereocenters. The smallest absolute Gasteiger partial charge is 0.246 e. The lowest BCUT2D eigenvalue weighted by atomic mass is 9.75. The maximum absolute atomic E-state index is 13.1. The SMILES string of the molecule is CN(CC(=O)N(C)C(Cc1cccs1)C(=O)NCCC1CCCN1C)C(=O)C=C1CC(C)(N)C1. The number of carbonyl (C=O) groups is 3. The van der Waals surface area contributed by atoms with Crippen LogP contribution in [-0.4, -0.2) is 90.8 Å². The lowest BCUT2D eigenvalue weighted by Gasteiger charge is -2.37. The summed E-state index contributed by atoms with van der Waals surface area (Å²) in [6.45, 7) is 3.57. The number of carbonyl (C=O) groups excluding carboxylic acids is 3. The van der Waals surface area contributed by atoms with Crippen LogP contribution in [0.1, 0.15) is 43.9 Å². The summed E-state index contributed by atoms with van der Waals surface area (Å²) in [6.07, 6.45) is 6.68. The highest BCUT2D eigenvalue weighted by atomic mass is 32.1. The Morgan fingerprint density at radius 1 is 1.35 bits per heavy atom. The fraction of sp³-hybridized carbons (Fsp3) is 0.640. The molecule has 3 N–H and O–H groups in total. The first kappa shape index (κ1) is 26.4. The van der Waals surface area contributed by atoms with E-state index in [1.54, 1.807) is 31.5 Å². The second-order valence-electron chi connectivity index (χ2n) is 10.2. The molecule has 1 saturated heterocycles. The van der Waals surface area contributed by atoms with Gasteiger partial charge in [0.05, 0.1) is 6.54 Å². The van der Waals surface area contributed by atoms with Crippen molar-refractivity contribution in [3.8, 4) is 0 Å². The number of amides is 3. The summed E-state index contributed by atoms with van der Waals surface area (Å²) in [5.41, 5.74) is 6.78. The molecule has 8 nitrogen and oxygen atoms in total. The largest absolute Gasteiger partial charge is 0.354 e. The summed E-state index contributed by atoms with van der Waals surface area (Å²) in [5, 5.41) is 5.01. The molecule has 9 heteroatoms. The zero-order valence-corrected chi connectivity index (χ0v) is 21.7. The molecule has 3 rings (SSSR count). The Balaban J connectivity index is 1.57. The number of nitrogens with one attached hydrogen (secondary N) is 1. The molecule has 1 aliphatic carbocycles. The summed E-state index contributed by atoms with van der Waals surface area (Å²) in [4.78, 5) is 44.9. The first-order valence-electron chi connectivity index (χ1n) is 12.0. The molecule has 3 amide bonds. The van der Waals surface area contributed by atoms with Crippen molar-refractivity contribution in [1.82, 2.24) is 20.0 Å². The van der Waals surface area contributed by atoms with Gasteiger partial charge in [-0.25, -0.2) is 0 Å². The topological polar surface area (TPSA) is 99.0 Å². The van der Waals surface area contributed by atoms with Crippen molar-refractivity contribution in [2.45, 2.75) is 63.1 Å². The van der Waals surface area contributed by atoms with E-state index in [1.165, 1.54) is 16.2 Å². The Kier molecular flexibility index (Phi) is 8.89. The lowest BCUT2D eigenvalue weighted by molar-refractivity contribution is -0.141. The standard InChI is InChI=1S/C25H39N5O3S/c1-25(26)15-18(16-25)13-22(31)29(3)17-23(32)30(4)21(14-20-8-6-12-34-20)24(33)27-10-9-19-7-5-11-28(19)2/h6,8,12-13,19,21H,5,7,9-11,14-17,26H2,1-4H3,(H,27,33). The molecular formula is C25H39N5O3S. The van der Waals surface area contributed by atoms with Gasteiger partial charge in [0, 0.05) is 49.6 Å². The Morgan fingerprint density at radius 2 is 2.09 bits per heavy atom. The average Bonchev–Trinajstić information content (AvgIpc) is 3.41. The highest BCUT2D eigenvalue weighted by molar-refractivity contribution is 7.09. The van der Waals surface area contributed by atoms with E-state index in [1.807, 2.05) is 24.4 Å². The van der Waals surface area contributed by atoms with Gasteiger partial charge in [-0.3, -0.25) is 14.4 Å². The van der Waals surface area contributed by atoms with Gasteiger partial charge in [-0.15, -0.1) is 11.3 Å². The van der Waals surface area contributed by atoms with Gasteiger partial charge in [-0.05, 0) is 64.1 Å². The van der Waals surface area contributed by atoms with Crippen molar-refractivity contribution in [1.29, 1.82) is 0 Å². The van der Waals surface area contributed by atoms with Gasteiger partial charge in [0.2, 0.25) is 17.7 Å². The van der Waals surface area contributed by atoms with Crippen LogP contribution in [0.4, 0.5) is 0 Å². The third kappa shape index (κ3) is 7.13. The summed E-state index contributed by atoms with van der Waals surface area (Å²) in [5.74, 6) is -0.636. The van der Waals surface area contributed by atoms with Gasteiger partial charge < -0.3 is 25.8 Å². The van der Waals surface area contributed by atoms with Gasteiger partial charge in [0.15, 0.2) is 0 Å². The molecule has 188 valence electrons. The number of likely N-dealkylation sites (tertiary alicyclic amines) is 1. The van der Waals surface area contributed by atoms with Crippen LogP contribution in [0.3, 0.4) is 0 Å². The monoisotopic (exact) mass is 489 g/mol. The minimum absolute atomic E-state index is 0.0832. The van der Waals surface area contributed by atoms with E-state index in [0.29, 0.717) is 31.8 Å². The zero-order chi connectivity index (χ0) is 24.9. The van der Waals surface area contributed by atoms with Crippen LogP contribution >= 0.6 is 11.3 Å². The highest BCUT2D eigenvalue weighted by Crippen LogP contribution is 2.34. The predicted molar refractivity (Wildman–Crippen MR) is 135 cm³/mol. The third-order valence-electron chi connectivity index (χ3n) is 6.92. The van der Waals surface area contributed by atoms with E-state index < -0.39 is 6.04 Å². The molecule has 1 aromatic heterocycles. The summed E-state index contributed by atoms with van der Waals surface area (Å²) in [6, 6.07) is 3.79. The molecule has 2 atom stereocenters. The second-order valence-corrected chi connectivity index (χ2v) is 11.2. The maximum atomic E-state index is 13.1. The van der Waals surface area contributed by atoms with Gasteiger partial charge in [0.25, 0.3) is 0 Å². The number of nitrogens with two attached hydrogens (primary N) is 1. The van der Waals surface area contributed by atoms with E-state index in [9.17, 15) is 14.4 Å². The van der Waals surface area contributed by atoms with E-state index in [0.717, 1.165) is 29.8 Å². The zero-order valence-electron chi connectivity index (χ0n) is 20.9. The van der Waals surface area contributed by atoms with Gasteiger partial charge in [-0.1, -0.05) is 11.6 Å². The van der Waals surface area contributed by atoms with Crippen LogP contribution in [0.15, 0.2) is 29.2 Å². The van der Waals surface area contributed by atoms with Crippen molar-refractivity contribution in [3.05, 3.63) is 34.0 Å². The Labute approximate surface area is 207 Å². The van der Waals surface area contributed by atoms with Gasteiger partial charge in [0.1, 0.15) is 6.04 Å². The summed E-state index contributed by atoms with van der Waals surface area (Å²) in [7, 11) is 5.38. The Bertz CT molecular complexity index is 888. The van der Waals surface area contributed by atoms with E-state index in [-0.39, 0.29) is 29.8 Å². The molecule has 2 fully saturated rings. The van der Waals surface area contributed by atoms with Crippen molar-refractivity contribution in [3.63, 3.8) is 0 Å². The number of hydrogen-bond acceptors (Lipinski definition) is 6. The van der Waals surface area contributed by atoms with Crippen LogP contribution < -0.4 is 11.1 Å². The van der Waals surface area contributed by atoms with Crippen LogP contribution in [0.2, 0.25) is 0 Å². The third-order valence-corrected chi connectivity index (χ3v) is 7.82. The van der Waals surface area contributed by atoms with Crippen LogP contribution in [-0.2, 0) is 20.8 Å². The average molecular weight is 490 g/mol. The number of thiophene rings is 1. The highest BCUT2D eigenvalue weighted by Gasteiger charge is 2.33. The molecule has 1 saturated carbocycles. The molecule has 1 aromatic rings. The lowest BCUT2D eigenvalue weighted by Crippen LogP contribution is -2.52. The van der Waals surface area contributed by atoms with Gasteiger partial charge >= 0.3 is 0 Å². The van der Waals surface area contributed by atoms with Crippen LogP contribution in [0, 0.1) is 0 Å². The molecule has 0 radical (unpaired) electrons. The quantitative estimate of drug-likeness (QED) is 0.487. The molecule has 0 spiro atoms. The first-order chi connectivity index (χ1) is 16.1. The molecular weight excluding hydrogens is 450 g/mol. The number of nitrogens with zero attached hydrogens (tertiary/aromatic N) is 3. The van der Waals surface area contributed by atoms with Crippen molar-refractivity contribution < 1.29 is 14.4 Å². The second kappa shape index (κ2) is 11.5. The maximum Gasteiger partial charge on any atom is 0.246 e. The van der Waals surface area contributed by atoms with Crippen molar-refractivity contribution >= 4 is 29.1 Å². The molecule has 1 aliphatic heterocycles. The Hall–Kier alpha value is -2.23. The van der Waals surface area contributed by atoms with Crippen LogP contribution in [0.25, 0.3) is 0 Å². The normalized spacial score (nSPS) is 23.2. The summed E-state index contributed by atoms with van der Waals surface area (Å²) >= 11 is 1.57. The summed E-state index contributed by atoms with van der Waals surface area (Å²) < 4.78 is 0. The number of rotatable bonds is 10. The van der Waals surface area contributed by atoms with E-state index in [2.05, 4.69) is 17.3 Å². The van der Waals surface area contributed by atoms with E-state index >= 15 is 0 Å². The molecule has 0 aromatic carbocycles. The predicted octanol–water partition coefficient (Wildman–Crippen LogP) is 1.61. The number of likely N-dealkylation sites (N-methyl/N-ethyl adjacent to an activating group) is 2. The fourth-order valence-corrected chi connectivity index (χ4v) is 5.53. The molecule has 0 bridgehead atoms. The molecule has 2 aliphatic rings. The van der Waals surface area contributed by atoms with Crippen molar-refractivity contribution in [2.24, 2.45) is 5.73 Å². The minimum Gasteiger partial charge on any atom is -0.354 e. The van der Waals surface area contributed by atoms with Crippen LogP contribution in [0.5, 0.6) is 0 Å². The molecule has 34 heavy (non-hydrogen) atoms. The Morgan fingerprint density at radius 3 is 2.68 bits per heavy atom. The molecule has 2 heterocycles.